The molecule has 0 aromatic heterocycles. The van der Waals surface area contributed by atoms with Gasteiger partial charge in [0.2, 0.25) is 0 Å². The standard InChI is InChI=1S/C2F6S.ClH/c3-1(4,5)9-2(6,7)8;/h;1H. The Kier molecular flexibility index (Phi) is 4.58. The molecule has 0 heterocycles. The van der Waals surface area contributed by atoms with Crippen molar-refractivity contribution >= 4 is 24.2 Å². The molecule has 0 saturated heterocycles. The average Bonchev–Trinajstić information content (AvgIpc) is 1.14. The number of hydrogen-bond donors (Lipinski definition) is 0. The largest absolute Gasteiger partial charge is 0.450 e. The molecule has 0 unspecified atom stereocenters. The molecule has 0 radical (unpaired) electrons. The first-order valence-corrected chi connectivity index (χ1v) is 2.36. The fraction of sp³-hybridized carbons (Fsp3) is 1.00. The van der Waals surface area contributed by atoms with Gasteiger partial charge >= 0.3 is 11.0 Å². The Hall–Kier alpha value is 0.220. The molecule has 0 rings (SSSR count). The van der Waals surface area contributed by atoms with Crippen molar-refractivity contribution in [3.05, 3.63) is 0 Å². The molecule has 0 bridgehead atoms. The van der Waals surface area contributed by atoms with Crippen molar-refractivity contribution < 1.29 is 26.3 Å². The Morgan fingerprint density at radius 3 is 0.900 bits per heavy atom. The van der Waals surface area contributed by atoms with Gasteiger partial charge in [0.25, 0.3) is 0 Å². The van der Waals surface area contributed by atoms with E-state index in [-0.39, 0.29) is 12.4 Å². The molecule has 10 heavy (non-hydrogen) atoms. The van der Waals surface area contributed by atoms with E-state index in [2.05, 4.69) is 0 Å². The van der Waals surface area contributed by atoms with Gasteiger partial charge in [-0.1, -0.05) is 0 Å². The van der Waals surface area contributed by atoms with Gasteiger partial charge in [-0.15, -0.1) is 12.4 Å². The molecule has 0 aromatic rings. The minimum atomic E-state index is -5.22. The molecular weight excluding hydrogens is 206 g/mol. The maximum atomic E-state index is 10.8. The second-order valence-corrected chi connectivity index (χ2v) is 2.12. The number of thioether (sulfide) groups is 1. The zero-order valence-corrected chi connectivity index (χ0v) is 5.72. The van der Waals surface area contributed by atoms with Crippen LogP contribution in [0.5, 0.6) is 0 Å². The summed E-state index contributed by atoms with van der Waals surface area (Å²) in [5, 5.41) is 0. The van der Waals surface area contributed by atoms with Gasteiger partial charge in [0.1, 0.15) is 0 Å². The topological polar surface area (TPSA) is 0 Å². The summed E-state index contributed by atoms with van der Waals surface area (Å²) in [6.07, 6.45) is 0. The van der Waals surface area contributed by atoms with E-state index in [1.54, 1.807) is 0 Å². The van der Waals surface area contributed by atoms with Crippen LogP contribution in [0.4, 0.5) is 26.3 Å². The maximum Gasteiger partial charge on any atom is 0.450 e. The van der Waals surface area contributed by atoms with Gasteiger partial charge in [-0.05, 0) is 0 Å². The summed E-state index contributed by atoms with van der Waals surface area (Å²) >= 11 is -1.99. The molecule has 0 aliphatic heterocycles. The summed E-state index contributed by atoms with van der Waals surface area (Å²) in [5.41, 5.74) is -10.4. The van der Waals surface area contributed by atoms with Crippen molar-refractivity contribution in [3.8, 4) is 0 Å². The predicted octanol–water partition coefficient (Wildman–Crippen LogP) is 3.18. The maximum absolute atomic E-state index is 10.8. The molecule has 0 saturated carbocycles. The van der Waals surface area contributed by atoms with E-state index in [4.69, 9.17) is 0 Å². The Bertz CT molecular complexity index is 80.9. The lowest BCUT2D eigenvalue weighted by atomic mass is 11.5. The van der Waals surface area contributed by atoms with Gasteiger partial charge in [-0.3, -0.25) is 0 Å². The van der Waals surface area contributed by atoms with Gasteiger partial charge in [-0.25, -0.2) is 0 Å². The number of hydrogen-bond acceptors (Lipinski definition) is 1. The van der Waals surface area contributed by atoms with Gasteiger partial charge in [0, 0.05) is 0 Å². The summed E-state index contributed by atoms with van der Waals surface area (Å²) in [6, 6.07) is 0. The van der Waals surface area contributed by atoms with Gasteiger partial charge < -0.3 is 0 Å². The molecule has 64 valence electrons. The summed E-state index contributed by atoms with van der Waals surface area (Å²) in [7, 11) is 0. The average molecular weight is 207 g/mol. The fourth-order valence-electron chi connectivity index (χ4n) is 0.131. The van der Waals surface area contributed by atoms with E-state index < -0.39 is 22.8 Å². The number of alkyl halides is 6. The first-order chi connectivity index (χ1) is 3.71. The molecular formula is C2HClF6S. The van der Waals surface area contributed by atoms with Crippen molar-refractivity contribution in [1.29, 1.82) is 0 Å². The predicted molar refractivity (Wildman–Crippen MR) is 26.9 cm³/mol. The van der Waals surface area contributed by atoms with Crippen molar-refractivity contribution in [3.63, 3.8) is 0 Å². The van der Waals surface area contributed by atoms with Crippen LogP contribution in [-0.2, 0) is 0 Å². The molecule has 0 amide bonds. The van der Waals surface area contributed by atoms with Crippen LogP contribution in [0.25, 0.3) is 0 Å². The smallest absolute Gasteiger partial charge is 0.160 e. The second kappa shape index (κ2) is 3.56. The Labute approximate surface area is 62.4 Å². The van der Waals surface area contributed by atoms with E-state index >= 15 is 0 Å². The summed E-state index contributed by atoms with van der Waals surface area (Å²) in [5.74, 6) is 0. The molecule has 0 fully saturated rings. The third kappa shape index (κ3) is 11.1. The van der Waals surface area contributed by atoms with Crippen LogP contribution >= 0.6 is 24.2 Å². The van der Waals surface area contributed by atoms with Crippen molar-refractivity contribution in [2.45, 2.75) is 11.0 Å². The molecule has 0 atom stereocenters. The van der Waals surface area contributed by atoms with E-state index in [0.29, 0.717) is 0 Å². The van der Waals surface area contributed by atoms with E-state index in [0.717, 1.165) is 0 Å². The van der Waals surface area contributed by atoms with E-state index in [1.807, 2.05) is 0 Å². The molecule has 0 aliphatic carbocycles. The fourth-order valence-corrected chi connectivity index (χ4v) is 0.394. The third-order valence-corrected chi connectivity index (χ3v) is 0.694. The van der Waals surface area contributed by atoms with E-state index in [9.17, 15) is 26.3 Å². The monoisotopic (exact) mass is 206 g/mol. The van der Waals surface area contributed by atoms with Crippen LogP contribution in [0.1, 0.15) is 0 Å². The minimum absolute atomic E-state index is 0. The Morgan fingerprint density at radius 2 is 0.900 bits per heavy atom. The Balaban J connectivity index is 0. The number of halogens is 7. The zero-order valence-electron chi connectivity index (χ0n) is 4.08. The quantitative estimate of drug-likeness (QED) is 0.549. The van der Waals surface area contributed by atoms with Crippen LogP contribution < -0.4 is 0 Å². The van der Waals surface area contributed by atoms with Crippen molar-refractivity contribution in [1.82, 2.24) is 0 Å². The van der Waals surface area contributed by atoms with Crippen LogP contribution in [0.2, 0.25) is 0 Å². The lowest BCUT2D eigenvalue weighted by Gasteiger charge is -2.06. The zero-order chi connectivity index (χ0) is 7.71. The second-order valence-electron chi connectivity index (χ2n) is 0.994. The molecule has 8 heteroatoms. The molecule has 0 aliphatic rings. The van der Waals surface area contributed by atoms with E-state index in [1.165, 1.54) is 0 Å². The normalized spacial score (nSPS) is 12.6. The summed E-state index contributed by atoms with van der Waals surface area (Å²) < 4.78 is 64.8. The molecule has 0 nitrogen and oxygen atoms in total. The van der Waals surface area contributed by atoms with Crippen molar-refractivity contribution in [2.24, 2.45) is 0 Å². The third-order valence-electron chi connectivity index (χ3n) is 0.231. The van der Waals surface area contributed by atoms with Crippen LogP contribution in [-0.4, -0.2) is 11.0 Å². The molecule has 0 aromatic carbocycles. The molecule has 0 spiro atoms. The minimum Gasteiger partial charge on any atom is -0.160 e. The van der Waals surface area contributed by atoms with Gasteiger partial charge in [-0.2, -0.15) is 26.3 Å². The van der Waals surface area contributed by atoms with Crippen LogP contribution in [0.3, 0.4) is 0 Å². The first kappa shape index (κ1) is 12.9. The highest BCUT2D eigenvalue weighted by molar-refractivity contribution is 8.00. The summed E-state index contributed by atoms with van der Waals surface area (Å²) in [6.45, 7) is 0. The lowest BCUT2D eigenvalue weighted by molar-refractivity contribution is -0.0696. The van der Waals surface area contributed by atoms with Crippen LogP contribution in [0, 0.1) is 0 Å². The highest BCUT2D eigenvalue weighted by Crippen LogP contribution is 2.43. The number of rotatable bonds is 0. The Morgan fingerprint density at radius 1 is 0.700 bits per heavy atom. The highest BCUT2D eigenvalue weighted by Gasteiger charge is 2.45. The van der Waals surface area contributed by atoms with Gasteiger partial charge in [0.15, 0.2) is 0 Å². The van der Waals surface area contributed by atoms with Gasteiger partial charge in [0.05, 0.1) is 11.8 Å². The molecule has 0 N–H and O–H groups in total. The SMILES string of the molecule is Cl.FC(F)(F)SC(F)(F)F. The highest BCUT2D eigenvalue weighted by atomic mass is 35.5. The lowest BCUT2D eigenvalue weighted by Crippen LogP contribution is -2.11. The summed E-state index contributed by atoms with van der Waals surface area (Å²) in [4.78, 5) is 0. The van der Waals surface area contributed by atoms with Crippen molar-refractivity contribution in [2.75, 3.05) is 0 Å². The van der Waals surface area contributed by atoms with Crippen LogP contribution in [0.15, 0.2) is 0 Å². The first-order valence-electron chi connectivity index (χ1n) is 1.54.